The van der Waals surface area contributed by atoms with Crippen molar-refractivity contribution in [2.24, 2.45) is 0 Å². The third-order valence-corrected chi connectivity index (χ3v) is 1.79. The van der Waals surface area contributed by atoms with Crippen molar-refractivity contribution >= 4 is 0 Å². The minimum Gasteiger partial charge on any atom is -0.266 e. The van der Waals surface area contributed by atoms with Gasteiger partial charge in [-0.05, 0) is 11.2 Å². The van der Waals surface area contributed by atoms with Gasteiger partial charge in [-0.15, -0.1) is 4.48 Å². The van der Waals surface area contributed by atoms with Crippen LogP contribution < -0.4 is 0 Å². The van der Waals surface area contributed by atoms with Gasteiger partial charge in [0.15, 0.2) is 0 Å². The molecule has 0 bridgehead atoms. The van der Waals surface area contributed by atoms with Gasteiger partial charge in [-0.1, -0.05) is 6.58 Å². The maximum Gasteiger partial charge on any atom is 0.440 e. The summed E-state index contributed by atoms with van der Waals surface area (Å²) in [6.07, 6.45) is -6.31. The molecule has 0 aromatic carbocycles. The fourth-order valence-electron chi connectivity index (χ4n) is 0.898. The molecule has 0 aromatic rings. The van der Waals surface area contributed by atoms with Gasteiger partial charge in [0.1, 0.15) is 0 Å². The Hall–Kier alpha value is -0.900. The Bertz CT molecular complexity index is 318. The van der Waals surface area contributed by atoms with E-state index in [0.29, 0.717) is 0 Å². The molecule has 1 rings (SSSR count). The van der Waals surface area contributed by atoms with Crippen molar-refractivity contribution in [3.05, 3.63) is 12.7 Å². The smallest absolute Gasteiger partial charge is 0.266 e. The average Bonchev–Trinajstić information content (AvgIpc) is 2.13. The molecule has 0 amide bonds. The lowest BCUT2D eigenvalue weighted by molar-refractivity contribution is -0.556. The summed E-state index contributed by atoms with van der Waals surface area (Å²) in [7, 11) is 0. The molecular weight excluding hydrogens is 254 g/mol. The normalized spacial score (nSPS) is 37.0. The van der Waals surface area contributed by atoms with E-state index in [2.05, 4.69) is 11.3 Å². The van der Waals surface area contributed by atoms with Crippen molar-refractivity contribution in [3.63, 3.8) is 0 Å². The minimum atomic E-state index is -6.00. The van der Waals surface area contributed by atoms with Gasteiger partial charge in [0.05, 0.1) is 0 Å². The second-order valence-corrected chi connectivity index (χ2v) is 2.83. The van der Waals surface area contributed by atoms with Crippen molar-refractivity contribution in [1.29, 1.82) is 0 Å². The highest BCUT2D eigenvalue weighted by Crippen LogP contribution is 2.55. The third-order valence-electron chi connectivity index (χ3n) is 1.79. The standard InChI is InChI=1S/C6H3F8NO/c1-2-3(7)4(8,9)15(14)5(10,11)6(12,13)16-3/h2H,1H2. The first-order valence-electron chi connectivity index (χ1n) is 3.54. The predicted octanol–water partition coefficient (Wildman–Crippen LogP) is 2.83. The van der Waals surface area contributed by atoms with Crippen molar-refractivity contribution in [1.82, 2.24) is 5.12 Å². The Balaban J connectivity index is 3.33. The van der Waals surface area contributed by atoms with E-state index in [1.807, 2.05) is 0 Å². The Morgan fingerprint density at radius 1 is 0.938 bits per heavy atom. The monoisotopic (exact) mass is 257 g/mol. The van der Waals surface area contributed by atoms with Crippen LogP contribution in [0.25, 0.3) is 0 Å². The van der Waals surface area contributed by atoms with Crippen LogP contribution in [0.1, 0.15) is 0 Å². The van der Waals surface area contributed by atoms with Crippen LogP contribution >= 0.6 is 0 Å². The van der Waals surface area contributed by atoms with Crippen LogP contribution in [0.5, 0.6) is 0 Å². The molecule has 0 aliphatic carbocycles. The van der Waals surface area contributed by atoms with E-state index in [-0.39, 0.29) is 0 Å². The lowest BCUT2D eigenvalue weighted by atomic mass is 10.2. The molecule has 94 valence electrons. The molecule has 2 nitrogen and oxygen atoms in total. The van der Waals surface area contributed by atoms with Crippen LogP contribution in [-0.2, 0) is 4.74 Å². The van der Waals surface area contributed by atoms with Gasteiger partial charge < -0.3 is 0 Å². The number of nitrogens with zero attached hydrogens (tertiary/aromatic N) is 1. The average molecular weight is 257 g/mol. The van der Waals surface area contributed by atoms with Crippen LogP contribution in [0.4, 0.5) is 35.2 Å². The molecule has 10 heteroatoms. The van der Waals surface area contributed by atoms with Gasteiger partial charge in [0.25, 0.3) is 0 Å². The molecular formula is C6H3F8NO. The van der Waals surface area contributed by atoms with E-state index in [1.54, 1.807) is 0 Å². The molecule has 1 saturated heterocycles. The molecule has 1 aliphatic heterocycles. The second-order valence-electron chi connectivity index (χ2n) is 2.83. The van der Waals surface area contributed by atoms with Crippen LogP contribution in [0.3, 0.4) is 0 Å². The maximum absolute atomic E-state index is 13.0. The fraction of sp³-hybridized carbons (Fsp3) is 0.667. The summed E-state index contributed by atoms with van der Waals surface area (Å²) in [4.78, 5) is 0. The summed E-state index contributed by atoms with van der Waals surface area (Å²) in [5.74, 6) is -4.77. The topological polar surface area (TPSA) is 12.5 Å². The van der Waals surface area contributed by atoms with Crippen molar-refractivity contribution in [2.75, 3.05) is 0 Å². The number of rotatable bonds is 1. The molecule has 0 radical (unpaired) electrons. The lowest BCUT2D eigenvalue weighted by Gasteiger charge is -2.45. The summed E-state index contributed by atoms with van der Waals surface area (Å²) < 4.78 is 103. The molecule has 1 unspecified atom stereocenters. The van der Waals surface area contributed by atoms with E-state index in [9.17, 15) is 35.2 Å². The highest BCUT2D eigenvalue weighted by Gasteiger charge is 2.82. The number of morpholine rings is 1. The zero-order valence-corrected chi connectivity index (χ0v) is 7.16. The number of ether oxygens (including phenoxy) is 1. The quantitative estimate of drug-likeness (QED) is 0.310. The van der Waals surface area contributed by atoms with Gasteiger partial charge in [-0.25, -0.2) is 0 Å². The van der Waals surface area contributed by atoms with E-state index >= 15 is 0 Å². The molecule has 0 N–H and O–H groups in total. The minimum absolute atomic E-state index is 0.539. The molecule has 16 heavy (non-hydrogen) atoms. The summed E-state index contributed by atoms with van der Waals surface area (Å²) in [5.41, 5.74) is 0. The fourth-order valence-corrected chi connectivity index (χ4v) is 0.898. The van der Waals surface area contributed by atoms with Crippen LogP contribution in [0.15, 0.2) is 12.7 Å². The third kappa shape index (κ3) is 1.32. The largest absolute Gasteiger partial charge is 0.440 e. The van der Waals surface area contributed by atoms with Crippen molar-refractivity contribution < 1.29 is 40.0 Å². The van der Waals surface area contributed by atoms with Gasteiger partial charge in [0.2, 0.25) is 0 Å². The first-order chi connectivity index (χ1) is 6.92. The SMILES string of the molecule is C=CC1(F)OC(F)(F)C(F)(F)N(F)C1(F)F. The Morgan fingerprint density at radius 2 is 1.38 bits per heavy atom. The van der Waals surface area contributed by atoms with Crippen LogP contribution in [0.2, 0.25) is 0 Å². The maximum atomic E-state index is 13.0. The highest BCUT2D eigenvalue weighted by molar-refractivity contribution is 5.04. The molecule has 1 atom stereocenters. The van der Waals surface area contributed by atoms with Crippen LogP contribution in [0, 0.1) is 0 Å². The number of hydrogen-bond acceptors (Lipinski definition) is 2. The van der Waals surface area contributed by atoms with E-state index in [1.165, 1.54) is 0 Å². The van der Waals surface area contributed by atoms with Gasteiger partial charge in [-0.3, -0.25) is 4.74 Å². The van der Waals surface area contributed by atoms with Crippen LogP contribution in [-0.4, -0.2) is 29.2 Å². The molecule has 1 heterocycles. The predicted molar refractivity (Wildman–Crippen MR) is 32.9 cm³/mol. The van der Waals surface area contributed by atoms with Gasteiger partial charge in [-0.2, -0.15) is 30.7 Å². The van der Waals surface area contributed by atoms with E-state index in [0.717, 1.165) is 0 Å². The number of alkyl halides is 7. The van der Waals surface area contributed by atoms with E-state index < -0.39 is 35.3 Å². The molecule has 0 saturated carbocycles. The first kappa shape index (κ1) is 13.2. The van der Waals surface area contributed by atoms with Gasteiger partial charge >= 0.3 is 24.1 Å². The summed E-state index contributed by atoms with van der Waals surface area (Å²) in [6.45, 7) is 2.35. The highest BCUT2D eigenvalue weighted by atomic mass is 19.4. The first-order valence-corrected chi connectivity index (χ1v) is 3.54. The van der Waals surface area contributed by atoms with E-state index in [4.69, 9.17) is 0 Å². The molecule has 0 aromatic heterocycles. The summed E-state index contributed by atoms with van der Waals surface area (Å²) >= 11 is 0. The van der Waals surface area contributed by atoms with Crippen molar-refractivity contribution in [3.8, 4) is 0 Å². The number of halogens is 8. The Morgan fingerprint density at radius 3 is 1.75 bits per heavy atom. The lowest BCUT2D eigenvalue weighted by Crippen LogP contribution is -2.72. The van der Waals surface area contributed by atoms with Crippen molar-refractivity contribution in [2.45, 2.75) is 24.1 Å². The number of hydrogen-bond donors (Lipinski definition) is 0. The summed E-state index contributed by atoms with van der Waals surface area (Å²) in [6, 6.07) is -11.6. The zero-order valence-electron chi connectivity index (χ0n) is 7.16. The molecule has 0 spiro atoms. The molecule has 1 aliphatic rings. The second kappa shape index (κ2) is 3.06. The molecule has 1 fully saturated rings. The summed E-state index contributed by atoms with van der Waals surface area (Å²) in [5, 5.41) is -2.88. The Kier molecular flexibility index (Phi) is 2.52. The van der Waals surface area contributed by atoms with Gasteiger partial charge in [0, 0.05) is 0 Å². The zero-order chi connectivity index (χ0) is 13.0. The Labute approximate surface area is 83.0 Å².